The van der Waals surface area contributed by atoms with Crippen LogP contribution in [0.25, 0.3) is 0 Å². The lowest BCUT2D eigenvalue weighted by atomic mass is 10.3. The van der Waals surface area contributed by atoms with Gasteiger partial charge in [0.1, 0.15) is 0 Å². The molecular weight excluding hydrogens is 162 g/mol. The summed E-state index contributed by atoms with van der Waals surface area (Å²) in [6.07, 6.45) is 13.3. The molecule has 0 aromatic carbocycles. The second-order valence-electron chi connectivity index (χ2n) is 2.57. The lowest BCUT2D eigenvalue weighted by Crippen LogP contribution is -2.03. The van der Waals surface area contributed by atoms with E-state index < -0.39 is 0 Å². The van der Waals surface area contributed by atoms with Gasteiger partial charge in [0.15, 0.2) is 0 Å². The second-order valence-corrected chi connectivity index (χ2v) is 2.57. The van der Waals surface area contributed by atoms with E-state index in [2.05, 4.69) is 5.92 Å². The zero-order chi connectivity index (χ0) is 9.52. The number of allylic oxidation sites excluding steroid dienone is 2. The number of carbonyl (C=O) groups excluding carboxylic acids is 1. The molecule has 1 rings (SSSR count). The summed E-state index contributed by atoms with van der Waals surface area (Å²) in [4.78, 5) is 11.3. The molecule has 0 atom stereocenters. The van der Waals surface area contributed by atoms with Crippen molar-refractivity contribution in [3.05, 3.63) is 36.7 Å². The van der Waals surface area contributed by atoms with Crippen LogP contribution in [-0.4, -0.2) is 10.5 Å². The van der Waals surface area contributed by atoms with Crippen LogP contribution in [-0.2, 0) is 0 Å². The Balaban J connectivity index is 2.43. The van der Waals surface area contributed by atoms with Crippen LogP contribution in [0, 0.1) is 12.3 Å². The van der Waals surface area contributed by atoms with Crippen LogP contribution in [0.15, 0.2) is 36.7 Å². The van der Waals surface area contributed by atoms with Crippen LogP contribution in [0.2, 0.25) is 0 Å². The average molecular weight is 173 g/mol. The third-order valence-corrected chi connectivity index (χ3v) is 1.57. The van der Waals surface area contributed by atoms with Gasteiger partial charge in [-0.3, -0.25) is 9.36 Å². The number of aromatic nitrogens is 1. The van der Waals surface area contributed by atoms with Gasteiger partial charge in [-0.25, -0.2) is 0 Å². The lowest BCUT2D eigenvalue weighted by Gasteiger charge is -1.93. The Kier molecular flexibility index (Phi) is 3.59. The fraction of sp³-hybridized carbons (Fsp3) is 0.182. The molecule has 0 bridgehead atoms. The van der Waals surface area contributed by atoms with Crippen LogP contribution in [0.4, 0.5) is 0 Å². The first-order valence-electron chi connectivity index (χ1n) is 4.12. The molecule has 1 aromatic heterocycles. The van der Waals surface area contributed by atoms with Gasteiger partial charge in [-0.1, -0.05) is 6.08 Å². The fourth-order valence-corrected chi connectivity index (χ4v) is 0.918. The standard InChI is InChI=1S/C11H11NO/c1-2-3-4-5-8-11(13)12-9-6-7-10-12/h1,5-10H,3-4H2/b8-5+. The third-order valence-electron chi connectivity index (χ3n) is 1.57. The van der Waals surface area contributed by atoms with Crippen molar-refractivity contribution in [3.8, 4) is 12.3 Å². The van der Waals surface area contributed by atoms with Crippen molar-refractivity contribution in [1.29, 1.82) is 0 Å². The maximum atomic E-state index is 11.3. The molecule has 0 saturated carbocycles. The summed E-state index contributed by atoms with van der Waals surface area (Å²) < 4.78 is 1.52. The lowest BCUT2D eigenvalue weighted by molar-refractivity contribution is 0.0969. The van der Waals surface area contributed by atoms with Gasteiger partial charge in [0.25, 0.3) is 5.91 Å². The number of unbranched alkanes of at least 4 members (excludes halogenated alkanes) is 1. The number of rotatable bonds is 3. The van der Waals surface area contributed by atoms with Crippen molar-refractivity contribution >= 4 is 5.91 Å². The highest BCUT2D eigenvalue weighted by molar-refractivity contribution is 5.89. The van der Waals surface area contributed by atoms with Crippen LogP contribution < -0.4 is 0 Å². The molecule has 1 heterocycles. The molecular formula is C11H11NO. The van der Waals surface area contributed by atoms with Crippen LogP contribution in [0.5, 0.6) is 0 Å². The molecule has 0 aliphatic heterocycles. The van der Waals surface area contributed by atoms with Gasteiger partial charge in [-0.15, -0.1) is 12.3 Å². The highest BCUT2D eigenvalue weighted by Crippen LogP contribution is 1.93. The zero-order valence-electron chi connectivity index (χ0n) is 7.31. The SMILES string of the molecule is C#CCC/C=C/C(=O)n1cccc1. The van der Waals surface area contributed by atoms with Gasteiger partial charge in [0.2, 0.25) is 0 Å². The number of hydrogen-bond donors (Lipinski definition) is 0. The van der Waals surface area contributed by atoms with E-state index in [1.54, 1.807) is 18.5 Å². The monoisotopic (exact) mass is 173 g/mol. The maximum Gasteiger partial charge on any atom is 0.254 e. The van der Waals surface area contributed by atoms with Crippen LogP contribution in [0.3, 0.4) is 0 Å². The van der Waals surface area contributed by atoms with Gasteiger partial charge in [-0.05, 0) is 24.6 Å². The van der Waals surface area contributed by atoms with Crippen molar-refractivity contribution in [2.75, 3.05) is 0 Å². The maximum absolute atomic E-state index is 11.3. The van der Waals surface area contributed by atoms with E-state index in [0.29, 0.717) is 6.42 Å². The average Bonchev–Trinajstić information content (AvgIpc) is 2.65. The molecule has 0 amide bonds. The second kappa shape index (κ2) is 5.00. The van der Waals surface area contributed by atoms with Gasteiger partial charge >= 0.3 is 0 Å². The summed E-state index contributed by atoms with van der Waals surface area (Å²) in [6, 6.07) is 3.63. The molecule has 0 saturated heterocycles. The predicted octanol–water partition coefficient (Wildman–Crippen LogP) is 2.10. The Morgan fingerprint density at radius 3 is 2.77 bits per heavy atom. The minimum absolute atomic E-state index is 0.0398. The Hall–Kier alpha value is -1.75. The van der Waals surface area contributed by atoms with E-state index in [9.17, 15) is 4.79 Å². The molecule has 0 N–H and O–H groups in total. The smallest absolute Gasteiger partial charge is 0.254 e. The molecule has 2 nitrogen and oxygen atoms in total. The fourth-order valence-electron chi connectivity index (χ4n) is 0.918. The van der Waals surface area contributed by atoms with E-state index in [1.807, 2.05) is 12.1 Å². The summed E-state index contributed by atoms with van der Waals surface area (Å²) in [7, 11) is 0. The number of terminal acetylenes is 1. The number of carbonyl (C=O) groups is 1. The summed E-state index contributed by atoms with van der Waals surface area (Å²) in [5, 5.41) is 0. The first kappa shape index (κ1) is 9.34. The summed E-state index contributed by atoms with van der Waals surface area (Å²) in [5.74, 6) is 2.47. The Bertz CT molecular complexity index is 327. The Morgan fingerprint density at radius 1 is 1.46 bits per heavy atom. The normalized spacial score (nSPS) is 10.1. The van der Waals surface area contributed by atoms with Crippen molar-refractivity contribution in [1.82, 2.24) is 4.57 Å². The van der Waals surface area contributed by atoms with Crippen molar-refractivity contribution < 1.29 is 4.79 Å². The van der Waals surface area contributed by atoms with E-state index in [1.165, 1.54) is 10.6 Å². The van der Waals surface area contributed by atoms with Crippen molar-refractivity contribution in [3.63, 3.8) is 0 Å². The van der Waals surface area contributed by atoms with Gasteiger partial charge in [0, 0.05) is 18.8 Å². The van der Waals surface area contributed by atoms with Crippen LogP contribution >= 0.6 is 0 Å². The largest absolute Gasteiger partial charge is 0.291 e. The molecule has 66 valence electrons. The first-order valence-corrected chi connectivity index (χ1v) is 4.12. The third kappa shape index (κ3) is 3.00. The van der Waals surface area contributed by atoms with E-state index in [-0.39, 0.29) is 5.91 Å². The zero-order valence-corrected chi connectivity index (χ0v) is 7.31. The van der Waals surface area contributed by atoms with E-state index in [4.69, 9.17) is 6.42 Å². The molecule has 0 fully saturated rings. The van der Waals surface area contributed by atoms with Crippen molar-refractivity contribution in [2.24, 2.45) is 0 Å². The molecule has 0 radical (unpaired) electrons. The van der Waals surface area contributed by atoms with Gasteiger partial charge < -0.3 is 0 Å². The molecule has 0 aliphatic carbocycles. The number of hydrogen-bond acceptors (Lipinski definition) is 1. The number of nitrogens with zero attached hydrogens (tertiary/aromatic N) is 1. The Morgan fingerprint density at radius 2 is 2.15 bits per heavy atom. The topological polar surface area (TPSA) is 22.0 Å². The van der Waals surface area contributed by atoms with Crippen LogP contribution in [0.1, 0.15) is 17.6 Å². The molecule has 2 heteroatoms. The predicted molar refractivity (Wildman–Crippen MR) is 52.3 cm³/mol. The summed E-state index contributed by atoms with van der Waals surface area (Å²) in [6.45, 7) is 0. The quantitative estimate of drug-likeness (QED) is 0.390. The minimum atomic E-state index is -0.0398. The molecule has 1 aromatic rings. The first-order chi connectivity index (χ1) is 6.34. The molecule has 0 unspecified atom stereocenters. The molecule has 0 spiro atoms. The summed E-state index contributed by atoms with van der Waals surface area (Å²) in [5.41, 5.74) is 0. The van der Waals surface area contributed by atoms with E-state index in [0.717, 1.165) is 6.42 Å². The molecule has 13 heavy (non-hydrogen) atoms. The van der Waals surface area contributed by atoms with E-state index >= 15 is 0 Å². The molecule has 0 aliphatic rings. The highest BCUT2D eigenvalue weighted by atomic mass is 16.1. The van der Waals surface area contributed by atoms with Gasteiger partial charge in [0.05, 0.1) is 0 Å². The van der Waals surface area contributed by atoms with Gasteiger partial charge in [-0.2, -0.15) is 0 Å². The van der Waals surface area contributed by atoms with Crippen molar-refractivity contribution in [2.45, 2.75) is 12.8 Å². The Labute approximate surface area is 77.9 Å². The minimum Gasteiger partial charge on any atom is -0.291 e. The summed E-state index contributed by atoms with van der Waals surface area (Å²) >= 11 is 0. The highest BCUT2D eigenvalue weighted by Gasteiger charge is 1.94.